The van der Waals surface area contributed by atoms with Crippen molar-refractivity contribution in [2.45, 2.75) is 0 Å². The molecule has 19 heavy (non-hydrogen) atoms. The highest BCUT2D eigenvalue weighted by Crippen LogP contribution is 2.13. The van der Waals surface area contributed by atoms with E-state index in [1.807, 2.05) is 0 Å². The molecule has 1 aromatic carbocycles. The van der Waals surface area contributed by atoms with Crippen LogP contribution in [0.5, 0.6) is 5.75 Å². The van der Waals surface area contributed by atoms with Gasteiger partial charge in [-0.1, -0.05) is 0 Å². The van der Waals surface area contributed by atoms with Gasteiger partial charge in [-0.15, -0.1) is 0 Å². The van der Waals surface area contributed by atoms with E-state index in [-0.39, 0.29) is 17.0 Å². The Labute approximate surface area is 108 Å². The third-order valence-corrected chi connectivity index (χ3v) is 2.37. The molecule has 1 aromatic heterocycles. The first-order valence-corrected chi connectivity index (χ1v) is 5.35. The van der Waals surface area contributed by atoms with Crippen LogP contribution in [0.15, 0.2) is 42.7 Å². The van der Waals surface area contributed by atoms with Gasteiger partial charge in [-0.05, 0) is 30.3 Å². The van der Waals surface area contributed by atoms with Gasteiger partial charge >= 0.3 is 5.97 Å². The van der Waals surface area contributed by atoms with Crippen molar-refractivity contribution >= 4 is 17.6 Å². The van der Waals surface area contributed by atoms with Gasteiger partial charge in [-0.3, -0.25) is 9.78 Å². The van der Waals surface area contributed by atoms with Crippen LogP contribution in [0.2, 0.25) is 0 Å². The quantitative estimate of drug-likeness (QED) is 0.778. The number of carbonyl (C=O) groups excluding carboxylic acids is 1. The molecule has 0 aliphatic heterocycles. The molecule has 1 amide bonds. The highest BCUT2D eigenvalue weighted by molar-refractivity contribution is 6.04. The largest absolute Gasteiger partial charge is 0.508 e. The highest BCUT2D eigenvalue weighted by Gasteiger charge is 2.08. The second kappa shape index (κ2) is 5.18. The molecule has 0 spiro atoms. The lowest BCUT2D eigenvalue weighted by Gasteiger charge is -2.05. The zero-order valence-corrected chi connectivity index (χ0v) is 9.70. The Morgan fingerprint density at radius 1 is 1.05 bits per heavy atom. The van der Waals surface area contributed by atoms with Crippen molar-refractivity contribution in [3.05, 3.63) is 53.9 Å². The monoisotopic (exact) mass is 258 g/mol. The van der Waals surface area contributed by atoms with Crippen molar-refractivity contribution in [3.63, 3.8) is 0 Å². The zero-order valence-electron chi connectivity index (χ0n) is 9.70. The molecule has 0 bridgehead atoms. The van der Waals surface area contributed by atoms with Crippen LogP contribution in [-0.2, 0) is 0 Å². The predicted molar refractivity (Wildman–Crippen MR) is 67.3 cm³/mol. The third kappa shape index (κ3) is 3.06. The van der Waals surface area contributed by atoms with Crippen LogP contribution in [0.25, 0.3) is 0 Å². The van der Waals surface area contributed by atoms with E-state index in [1.165, 1.54) is 42.7 Å². The fourth-order valence-corrected chi connectivity index (χ4v) is 1.44. The molecule has 0 saturated heterocycles. The fraction of sp³-hybridized carbons (Fsp3) is 0. The van der Waals surface area contributed by atoms with Gasteiger partial charge in [0.25, 0.3) is 5.91 Å². The standard InChI is InChI=1S/C13H10N2O4/c16-11-3-1-8(2-4-11)12(17)15-10-5-9(13(18)19)6-14-7-10/h1-7,16H,(H,15,17)(H,18,19). The van der Waals surface area contributed by atoms with Gasteiger partial charge in [0.15, 0.2) is 0 Å². The number of pyridine rings is 1. The number of phenols is 1. The first-order valence-electron chi connectivity index (χ1n) is 5.35. The first-order chi connectivity index (χ1) is 9.06. The van der Waals surface area contributed by atoms with Gasteiger partial charge in [0.1, 0.15) is 5.75 Å². The van der Waals surface area contributed by atoms with Crippen molar-refractivity contribution in [1.82, 2.24) is 4.98 Å². The molecule has 0 atom stereocenters. The molecule has 2 aromatic rings. The Morgan fingerprint density at radius 3 is 2.37 bits per heavy atom. The lowest BCUT2D eigenvalue weighted by molar-refractivity contribution is 0.0696. The number of aromatic carboxylic acids is 1. The summed E-state index contributed by atoms with van der Waals surface area (Å²) in [6, 6.07) is 7.01. The van der Waals surface area contributed by atoms with Gasteiger partial charge in [-0.2, -0.15) is 0 Å². The lowest BCUT2D eigenvalue weighted by atomic mass is 10.2. The van der Waals surface area contributed by atoms with Crippen molar-refractivity contribution < 1.29 is 19.8 Å². The summed E-state index contributed by atoms with van der Waals surface area (Å²) < 4.78 is 0. The van der Waals surface area contributed by atoms with Crippen LogP contribution in [0.1, 0.15) is 20.7 Å². The minimum atomic E-state index is -1.12. The number of carboxylic acid groups (broad SMARTS) is 1. The van der Waals surface area contributed by atoms with E-state index in [0.29, 0.717) is 5.56 Å². The van der Waals surface area contributed by atoms with E-state index in [2.05, 4.69) is 10.3 Å². The number of anilines is 1. The van der Waals surface area contributed by atoms with Gasteiger partial charge < -0.3 is 15.5 Å². The van der Waals surface area contributed by atoms with E-state index in [9.17, 15) is 9.59 Å². The van der Waals surface area contributed by atoms with Crippen LogP contribution in [-0.4, -0.2) is 27.1 Å². The highest BCUT2D eigenvalue weighted by atomic mass is 16.4. The van der Waals surface area contributed by atoms with Crippen molar-refractivity contribution in [3.8, 4) is 5.75 Å². The van der Waals surface area contributed by atoms with Crippen LogP contribution in [0.3, 0.4) is 0 Å². The molecule has 0 unspecified atom stereocenters. The van der Waals surface area contributed by atoms with Crippen LogP contribution < -0.4 is 5.32 Å². The number of amides is 1. The number of benzene rings is 1. The van der Waals surface area contributed by atoms with E-state index in [4.69, 9.17) is 10.2 Å². The molecular formula is C13H10N2O4. The number of carboxylic acids is 1. The van der Waals surface area contributed by atoms with E-state index < -0.39 is 11.9 Å². The number of nitrogens with one attached hydrogen (secondary N) is 1. The van der Waals surface area contributed by atoms with E-state index in [1.54, 1.807) is 0 Å². The minimum Gasteiger partial charge on any atom is -0.508 e. The summed E-state index contributed by atoms with van der Waals surface area (Å²) in [5.74, 6) is -1.47. The van der Waals surface area contributed by atoms with Gasteiger partial charge in [0.05, 0.1) is 17.4 Å². The number of hydrogen-bond acceptors (Lipinski definition) is 4. The molecule has 0 radical (unpaired) electrons. The maximum Gasteiger partial charge on any atom is 0.337 e. The summed E-state index contributed by atoms with van der Waals surface area (Å²) in [6.07, 6.45) is 2.54. The van der Waals surface area contributed by atoms with Crippen molar-refractivity contribution in [2.24, 2.45) is 0 Å². The summed E-state index contributed by atoms with van der Waals surface area (Å²) in [7, 11) is 0. The molecule has 0 aliphatic rings. The summed E-state index contributed by atoms with van der Waals surface area (Å²) in [5, 5.41) is 20.5. The molecule has 2 rings (SSSR count). The second-order valence-electron chi connectivity index (χ2n) is 3.77. The molecule has 6 nitrogen and oxygen atoms in total. The smallest absolute Gasteiger partial charge is 0.337 e. The number of carbonyl (C=O) groups is 2. The van der Waals surface area contributed by atoms with E-state index in [0.717, 1.165) is 0 Å². The maximum atomic E-state index is 11.8. The average Bonchev–Trinajstić information content (AvgIpc) is 2.39. The minimum absolute atomic E-state index is 0.0106. The van der Waals surface area contributed by atoms with Gasteiger partial charge in [0, 0.05) is 11.8 Å². The SMILES string of the molecule is O=C(O)c1cncc(NC(=O)c2ccc(O)cc2)c1. The summed E-state index contributed by atoms with van der Waals surface area (Å²) >= 11 is 0. The average molecular weight is 258 g/mol. The fourth-order valence-electron chi connectivity index (χ4n) is 1.44. The first kappa shape index (κ1) is 12.6. The molecule has 1 heterocycles. The summed E-state index contributed by atoms with van der Waals surface area (Å²) in [4.78, 5) is 26.3. The van der Waals surface area contributed by atoms with Crippen LogP contribution in [0, 0.1) is 0 Å². The van der Waals surface area contributed by atoms with Crippen LogP contribution in [0.4, 0.5) is 5.69 Å². The number of aromatic hydroxyl groups is 1. The van der Waals surface area contributed by atoms with Crippen molar-refractivity contribution in [2.75, 3.05) is 5.32 Å². The molecule has 0 fully saturated rings. The Kier molecular flexibility index (Phi) is 3.42. The number of hydrogen-bond donors (Lipinski definition) is 3. The molecule has 6 heteroatoms. The number of aromatic nitrogens is 1. The topological polar surface area (TPSA) is 99.5 Å². The van der Waals surface area contributed by atoms with Gasteiger partial charge in [-0.25, -0.2) is 4.79 Å². The number of rotatable bonds is 3. The van der Waals surface area contributed by atoms with E-state index >= 15 is 0 Å². The Hall–Kier alpha value is -2.89. The molecule has 3 N–H and O–H groups in total. The summed E-state index contributed by atoms with van der Waals surface area (Å²) in [5.41, 5.74) is 0.625. The van der Waals surface area contributed by atoms with Crippen molar-refractivity contribution in [1.29, 1.82) is 0 Å². The Balaban J connectivity index is 2.17. The normalized spacial score (nSPS) is 9.89. The molecular weight excluding hydrogens is 248 g/mol. The predicted octanol–water partition coefficient (Wildman–Crippen LogP) is 1.74. The maximum absolute atomic E-state index is 11.8. The number of nitrogens with zero attached hydrogens (tertiary/aromatic N) is 1. The second-order valence-corrected chi connectivity index (χ2v) is 3.77. The summed E-state index contributed by atoms with van der Waals surface area (Å²) in [6.45, 7) is 0. The third-order valence-electron chi connectivity index (χ3n) is 2.37. The zero-order chi connectivity index (χ0) is 13.8. The Morgan fingerprint density at radius 2 is 1.74 bits per heavy atom. The van der Waals surface area contributed by atoms with Crippen LogP contribution >= 0.6 is 0 Å². The molecule has 96 valence electrons. The Bertz CT molecular complexity index is 623. The van der Waals surface area contributed by atoms with Gasteiger partial charge in [0.2, 0.25) is 0 Å². The number of phenolic OH excluding ortho intramolecular Hbond substituents is 1. The lowest BCUT2D eigenvalue weighted by Crippen LogP contribution is -2.12. The molecule has 0 saturated carbocycles. The molecule has 0 aliphatic carbocycles.